The predicted molar refractivity (Wildman–Crippen MR) is 167 cm³/mol. The molecule has 0 heterocycles. The van der Waals surface area contributed by atoms with Gasteiger partial charge in [0.2, 0.25) is 11.8 Å². The molecule has 4 N–H and O–H groups in total. The van der Waals surface area contributed by atoms with Gasteiger partial charge in [-0.05, 0) is 48.7 Å². The number of aliphatic hydroxyl groups excluding tert-OH is 1. The van der Waals surface area contributed by atoms with Gasteiger partial charge >= 0.3 is 6.18 Å². The average Bonchev–Trinajstić information content (AvgIpc) is 2.99. The molecule has 228 valence electrons. The second-order valence-corrected chi connectivity index (χ2v) is 12.0. The lowest BCUT2D eigenvalue weighted by molar-refractivity contribution is -0.137. The number of carbonyl (C=O) groups is 3. The molecule has 0 radical (unpaired) electrons. The quantitative estimate of drug-likeness (QED) is 0.0480. The maximum absolute atomic E-state index is 13.0. The van der Waals surface area contributed by atoms with Gasteiger partial charge in [0.1, 0.15) is 5.92 Å². The Morgan fingerprint density at radius 1 is 0.814 bits per heavy atom. The Kier molecular flexibility index (Phi) is 13.5. The van der Waals surface area contributed by atoms with Gasteiger partial charge in [-0.15, -0.1) is 0 Å². The van der Waals surface area contributed by atoms with Crippen LogP contribution in [0, 0.1) is 5.92 Å². The van der Waals surface area contributed by atoms with E-state index in [1.54, 1.807) is 48.5 Å². The number of amides is 3. The van der Waals surface area contributed by atoms with Gasteiger partial charge < -0.3 is 21.1 Å². The van der Waals surface area contributed by atoms with Crippen molar-refractivity contribution in [3.63, 3.8) is 0 Å². The lowest BCUT2D eigenvalue weighted by Crippen LogP contribution is -2.34. The molecule has 0 saturated heterocycles. The van der Waals surface area contributed by atoms with Gasteiger partial charge in [-0.3, -0.25) is 14.4 Å². The Balaban J connectivity index is 1.40. The number of rotatable bonds is 15. The fourth-order valence-electron chi connectivity index (χ4n) is 3.93. The third-order valence-electron chi connectivity index (χ3n) is 6.09. The summed E-state index contributed by atoms with van der Waals surface area (Å²) in [4.78, 5) is 38.4. The summed E-state index contributed by atoms with van der Waals surface area (Å²) in [5.74, 6) is -1.06. The van der Waals surface area contributed by atoms with Crippen LogP contribution < -0.4 is 16.0 Å². The van der Waals surface area contributed by atoms with Gasteiger partial charge in [-0.25, -0.2) is 0 Å². The van der Waals surface area contributed by atoms with Gasteiger partial charge in [-0.1, -0.05) is 76.2 Å². The zero-order valence-electron chi connectivity index (χ0n) is 23.1. The number of para-hydroxylation sites is 2. The van der Waals surface area contributed by atoms with Crippen molar-refractivity contribution in [2.75, 3.05) is 28.7 Å². The van der Waals surface area contributed by atoms with E-state index in [9.17, 15) is 32.7 Å². The normalized spacial score (nSPS) is 11.7. The molecule has 0 bridgehead atoms. The molecule has 0 aliphatic rings. The first-order valence-corrected chi connectivity index (χ1v) is 15.9. The van der Waals surface area contributed by atoms with E-state index in [0.717, 1.165) is 12.1 Å². The molecule has 3 aromatic carbocycles. The summed E-state index contributed by atoms with van der Waals surface area (Å²) in [6.07, 6.45) is -3.11. The molecule has 0 unspecified atom stereocenters. The highest BCUT2D eigenvalue weighted by molar-refractivity contribution is 8.76. The number of halogens is 3. The Hall–Kier alpha value is -3.90. The number of hydrogen-bond donors (Lipinski definition) is 4. The first kappa shape index (κ1) is 33.6. The summed E-state index contributed by atoms with van der Waals surface area (Å²) in [5.41, 5.74) is 0.585. The predicted octanol–water partition coefficient (Wildman–Crippen LogP) is 6.86. The molecular weight excluding hydrogens is 599 g/mol. The Bertz CT molecular complexity index is 1320. The molecule has 12 heteroatoms. The van der Waals surface area contributed by atoms with E-state index in [1.807, 2.05) is 12.1 Å². The minimum absolute atomic E-state index is 0.0504. The van der Waals surface area contributed by atoms with E-state index in [1.165, 1.54) is 33.7 Å². The zero-order chi connectivity index (χ0) is 31.1. The number of hydrogen-bond acceptors (Lipinski definition) is 6. The minimum Gasteiger partial charge on any atom is -0.515 e. The lowest BCUT2D eigenvalue weighted by atomic mass is 10.0. The maximum atomic E-state index is 13.0. The van der Waals surface area contributed by atoms with E-state index < -0.39 is 35.4 Å². The molecule has 0 atom stereocenters. The third kappa shape index (κ3) is 11.7. The summed E-state index contributed by atoms with van der Waals surface area (Å²) in [6, 6.07) is 22.4. The van der Waals surface area contributed by atoms with E-state index >= 15 is 0 Å². The largest absolute Gasteiger partial charge is 0.515 e. The van der Waals surface area contributed by atoms with Crippen LogP contribution in [-0.2, 0) is 27.0 Å². The molecule has 0 spiro atoms. The van der Waals surface area contributed by atoms with Gasteiger partial charge in [-0.2, -0.15) is 13.2 Å². The highest BCUT2D eigenvalue weighted by Crippen LogP contribution is 2.30. The number of anilines is 2. The highest BCUT2D eigenvalue weighted by Gasteiger charge is 2.30. The molecule has 3 amide bonds. The van der Waals surface area contributed by atoms with Gasteiger partial charge in [0.15, 0.2) is 0 Å². The van der Waals surface area contributed by atoms with Crippen molar-refractivity contribution in [1.29, 1.82) is 0 Å². The molecular formula is C31H32F3N3O4S2. The van der Waals surface area contributed by atoms with Crippen molar-refractivity contribution < 1.29 is 32.7 Å². The van der Waals surface area contributed by atoms with Crippen LogP contribution in [0.1, 0.15) is 24.0 Å². The van der Waals surface area contributed by atoms with Gasteiger partial charge in [0.25, 0.3) is 5.91 Å². The van der Waals surface area contributed by atoms with Crippen LogP contribution in [0.5, 0.6) is 0 Å². The zero-order valence-corrected chi connectivity index (χ0v) is 24.7. The second kappa shape index (κ2) is 17.3. The molecule has 7 nitrogen and oxygen atoms in total. The van der Waals surface area contributed by atoms with Crippen LogP contribution in [0.4, 0.5) is 24.5 Å². The maximum Gasteiger partial charge on any atom is 0.416 e. The molecule has 0 aliphatic carbocycles. The Labute approximate surface area is 256 Å². The molecule has 3 rings (SSSR count). The third-order valence-corrected chi connectivity index (χ3v) is 8.58. The topological polar surface area (TPSA) is 108 Å². The Morgan fingerprint density at radius 3 is 1.95 bits per heavy atom. The van der Waals surface area contributed by atoms with E-state index in [4.69, 9.17) is 0 Å². The summed E-state index contributed by atoms with van der Waals surface area (Å²) < 4.78 is 38.9. The molecule has 0 saturated carbocycles. The second-order valence-electron chi connectivity index (χ2n) is 9.33. The standard InChI is InChI=1S/C31H32F3N3O4S2/c32-31(33,34)24-10-7-9-22(20-24)19-23(21-38)28(39)35-16-18-43-42-17-8-15-27(29(40)36-25-11-3-1-4-12-25)30(41)37-26-13-5-2-6-14-26/h1-7,9-14,20-21,27,38H,8,15-19H2,(H,35,39)(H,36,40)(H,37,41)/b23-21+. The smallest absolute Gasteiger partial charge is 0.416 e. The van der Waals surface area contributed by atoms with E-state index in [0.29, 0.717) is 42.0 Å². The molecule has 43 heavy (non-hydrogen) atoms. The summed E-state index contributed by atoms with van der Waals surface area (Å²) >= 11 is 0. The first-order valence-electron chi connectivity index (χ1n) is 13.4. The van der Waals surface area contributed by atoms with Crippen LogP contribution >= 0.6 is 21.6 Å². The average molecular weight is 632 g/mol. The Morgan fingerprint density at radius 2 is 1.40 bits per heavy atom. The fraction of sp³-hybridized carbons (Fsp3) is 0.258. The monoisotopic (exact) mass is 631 g/mol. The first-order chi connectivity index (χ1) is 20.7. The van der Waals surface area contributed by atoms with Gasteiger partial charge in [0, 0.05) is 35.8 Å². The van der Waals surface area contributed by atoms with Crippen molar-refractivity contribution in [1.82, 2.24) is 5.32 Å². The molecule has 3 aromatic rings. The number of aliphatic hydroxyl groups is 1. The van der Waals surface area contributed by atoms with Crippen molar-refractivity contribution in [2.45, 2.75) is 25.4 Å². The van der Waals surface area contributed by atoms with Crippen LogP contribution in [0.3, 0.4) is 0 Å². The number of carbonyl (C=O) groups excluding carboxylic acids is 3. The molecule has 0 aliphatic heterocycles. The number of benzene rings is 3. The SMILES string of the molecule is O=C(NCCSSCCCC(C(=O)Nc1ccccc1)C(=O)Nc1ccccc1)/C(=C/O)Cc1cccc(C(F)(F)F)c1. The highest BCUT2D eigenvalue weighted by atomic mass is 33.1. The minimum atomic E-state index is -4.50. The van der Waals surface area contributed by atoms with Crippen molar-refractivity contribution in [3.8, 4) is 0 Å². The summed E-state index contributed by atoms with van der Waals surface area (Å²) in [5, 5.41) is 17.7. The molecule has 0 aromatic heterocycles. The lowest BCUT2D eigenvalue weighted by Gasteiger charge is -2.17. The van der Waals surface area contributed by atoms with E-state index in [2.05, 4.69) is 16.0 Å². The van der Waals surface area contributed by atoms with Crippen LogP contribution in [0.2, 0.25) is 0 Å². The van der Waals surface area contributed by atoms with Crippen molar-refractivity contribution in [2.24, 2.45) is 5.92 Å². The summed E-state index contributed by atoms with van der Waals surface area (Å²) in [6.45, 7) is 0.276. The van der Waals surface area contributed by atoms with Crippen LogP contribution in [0.25, 0.3) is 0 Å². The van der Waals surface area contributed by atoms with Crippen molar-refractivity contribution >= 4 is 50.7 Å². The van der Waals surface area contributed by atoms with Crippen LogP contribution in [0.15, 0.2) is 96.8 Å². The molecule has 0 fully saturated rings. The number of nitrogens with one attached hydrogen (secondary N) is 3. The van der Waals surface area contributed by atoms with Gasteiger partial charge in [0.05, 0.1) is 17.4 Å². The fourth-order valence-corrected chi connectivity index (χ4v) is 5.95. The van der Waals surface area contributed by atoms with E-state index in [-0.39, 0.29) is 24.1 Å². The van der Waals surface area contributed by atoms with Crippen LogP contribution in [-0.4, -0.2) is 40.9 Å². The van der Waals surface area contributed by atoms with Crippen molar-refractivity contribution in [3.05, 3.63) is 108 Å². The summed E-state index contributed by atoms with van der Waals surface area (Å²) in [7, 11) is 3.02. The number of alkyl halides is 3.